The Bertz CT molecular complexity index is 1640. The molecular formula is C21H18N6O3S. The summed E-state index contributed by atoms with van der Waals surface area (Å²) < 4.78 is 26.2. The molecule has 0 fully saturated rings. The molecule has 9 nitrogen and oxygen atoms in total. The number of aromatic amines is 2. The number of nitrogens with zero attached hydrogens (tertiary/aromatic N) is 3. The molecule has 10 heteroatoms. The van der Waals surface area contributed by atoms with Crippen molar-refractivity contribution in [3.05, 3.63) is 65.3 Å². The summed E-state index contributed by atoms with van der Waals surface area (Å²) in [6.07, 6.45) is 4.90. The molecule has 0 amide bonds. The van der Waals surface area contributed by atoms with E-state index in [2.05, 4.69) is 20.3 Å². The summed E-state index contributed by atoms with van der Waals surface area (Å²) in [6, 6.07) is 10.2. The Kier molecular flexibility index (Phi) is 4.27. The van der Waals surface area contributed by atoms with Crippen molar-refractivity contribution in [3.8, 4) is 0 Å². The standard InChI is InChI=1S/C21H18N6O3S/c1-27(2)31(29,30)13-5-3-4-12(10-13)24-20-17-15-7-9-23-21(28)19(15)26-18(17)14-6-8-22-11-16(14)25-20/h3-11,26H,1-2H3,(H,23,28)(H,24,25). The molecule has 1 aromatic carbocycles. The van der Waals surface area contributed by atoms with Gasteiger partial charge in [-0.1, -0.05) is 6.07 Å². The van der Waals surface area contributed by atoms with Gasteiger partial charge in [-0.3, -0.25) is 9.78 Å². The van der Waals surface area contributed by atoms with E-state index in [1.54, 1.807) is 42.9 Å². The summed E-state index contributed by atoms with van der Waals surface area (Å²) in [4.78, 5) is 27.3. The molecule has 0 bridgehead atoms. The molecule has 0 radical (unpaired) electrons. The number of anilines is 2. The van der Waals surface area contributed by atoms with Crippen LogP contribution in [0.1, 0.15) is 0 Å². The quantitative estimate of drug-likeness (QED) is 0.400. The fraction of sp³-hybridized carbons (Fsp3) is 0.0952. The minimum absolute atomic E-state index is 0.163. The molecule has 0 spiro atoms. The Morgan fingerprint density at radius 3 is 2.71 bits per heavy atom. The molecule has 4 aromatic heterocycles. The first-order chi connectivity index (χ1) is 14.9. The van der Waals surface area contributed by atoms with Crippen LogP contribution in [0.3, 0.4) is 0 Å². The van der Waals surface area contributed by atoms with Crippen LogP contribution < -0.4 is 10.9 Å². The molecule has 0 saturated heterocycles. The predicted octanol–water partition coefficient (Wildman–Crippen LogP) is 2.95. The van der Waals surface area contributed by atoms with Gasteiger partial charge in [0.1, 0.15) is 11.3 Å². The number of fused-ring (bicyclic) bond motifs is 5. The average molecular weight is 434 g/mol. The minimum atomic E-state index is -3.59. The maximum Gasteiger partial charge on any atom is 0.272 e. The number of nitrogens with one attached hydrogen (secondary N) is 3. The number of pyridine rings is 3. The number of rotatable bonds is 4. The zero-order chi connectivity index (χ0) is 21.8. The second kappa shape index (κ2) is 6.89. The highest BCUT2D eigenvalue weighted by atomic mass is 32.2. The molecule has 0 unspecified atom stereocenters. The Labute approximate surface area is 176 Å². The van der Waals surface area contributed by atoms with Gasteiger partial charge >= 0.3 is 0 Å². The smallest absolute Gasteiger partial charge is 0.272 e. The lowest BCUT2D eigenvalue weighted by molar-refractivity contribution is 0.521. The van der Waals surface area contributed by atoms with Crippen molar-refractivity contribution in [2.24, 2.45) is 0 Å². The molecule has 156 valence electrons. The van der Waals surface area contributed by atoms with Crippen LogP contribution in [-0.4, -0.2) is 46.8 Å². The van der Waals surface area contributed by atoms with Gasteiger partial charge in [0.15, 0.2) is 0 Å². The molecule has 5 rings (SSSR count). The lowest BCUT2D eigenvalue weighted by Gasteiger charge is -2.13. The van der Waals surface area contributed by atoms with Crippen molar-refractivity contribution in [1.29, 1.82) is 0 Å². The summed E-state index contributed by atoms with van der Waals surface area (Å²) >= 11 is 0. The summed E-state index contributed by atoms with van der Waals surface area (Å²) in [5.74, 6) is 0.492. The van der Waals surface area contributed by atoms with Gasteiger partial charge in [0.2, 0.25) is 10.0 Å². The Balaban J connectivity index is 1.76. The van der Waals surface area contributed by atoms with Crippen molar-refractivity contribution in [2.75, 3.05) is 19.4 Å². The van der Waals surface area contributed by atoms with Crippen LogP contribution in [0.2, 0.25) is 0 Å². The van der Waals surface area contributed by atoms with Gasteiger partial charge in [-0.2, -0.15) is 0 Å². The average Bonchev–Trinajstić information content (AvgIpc) is 3.16. The van der Waals surface area contributed by atoms with Gasteiger partial charge < -0.3 is 15.3 Å². The van der Waals surface area contributed by atoms with Gasteiger partial charge in [0.25, 0.3) is 5.56 Å². The van der Waals surface area contributed by atoms with E-state index in [-0.39, 0.29) is 10.5 Å². The van der Waals surface area contributed by atoms with Gasteiger partial charge in [0, 0.05) is 42.9 Å². The van der Waals surface area contributed by atoms with Gasteiger partial charge in [0.05, 0.1) is 27.5 Å². The van der Waals surface area contributed by atoms with Crippen LogP contribution in [0.25, 0.3) is 32.7 Å². The third kappa shape index (κ3) is 3.04. The molecule has 31 heavy (non-hydrogen) atoms. The molecular weight excluding hydrogens is 416 g/mol. The first-order valence-corrected chi connectivity index (χ1v) is 10.9. The Morgan fingerprint density at radius 1 is 1.06 bits per heavy atom. The van der Waals surface area contributed by atoms with E-state index >= 15 is 0 Å². The van der Waals surface area contributed by atoms with Gasteiger partial charge in [-0.05, 0) is 30.3 Å². The Hall–Kier alpha value is -3.76. The van der Waals surface area contributed by atoms with E-state index in [1.807, 2.05) is 12.1 Å². The van der Waals surface area contributed by atoms with Crippen LogP contribution in [0.4, 0.5) is 11.5 Å². The summed E-state index contributed by atoms with van der Waals surface area (Å²) in [5.41, 5.74) is 2.15. The van der Waals surface area contributed by atoms with Crippen LogP contribution in [-0.2, 0) is 10.0 Å². The predicted molar refractivity (Wildman–Crippen MR) is 120 cm³/mol. The van der Waals surface area contributed by atoms with Crippen molar-refractivity contribution in [3.63, 3.8) is 0 Å². The number of aromatic nitrogens is 4. The molecule has 0 aliphatic carbocycles. The zero-order valence-electron chi connectivity index (χ0n) is 16.7. The van der Waals surface area contributed by atoms with E-state index in [0.717, 1.165) is 20.6 Å². The summed E-state index contributed by atoms with van der Waals surface area (Å²) in [5, 5.41) is 5.51. The number of sulfonamides is 1. The molecule has 4 heterocycles. The Morgan fingerprint density at radius 2 is 1.90 bits per heavy atom. The second-order valence-electron chi connectivity index (χ2n) is 7.26. The van der Waals surface area contributed by atoms with Crippen molar-refractivity contribution >= 4 is 54.2 Å². The van der Waals surface area contributed by atoms with Gasteiger partial charge in [-0.25, -0.2) is 17.7 Å². The largest absolute Gasteiger partial charge is 0.349 e. The molecule has 3 N–H and O–H groups in total. The highest BCUT2D eigenvalue weighted by Gasteiger charge is 2.19. The van der Waals surface area contributed by atoms with E-state index in [9.17, 15) is 13.2 Å². The second-order valence-corrected chi connectivity index (χ2v) is 9.42. The molecule has 5 aromatic rings. The molecule has 0 aliphatic rings. The van der Waals surface area contributed by atoms with Gasteiger partial charge in [-0.15, -0.1) is 0 Å². The van der Waals surface area contributed by atoms with E-state index < -0.39 is 10.0 Å². The SMILES string of the molecule is CN(C)S(=O)(=O)c1cccc(Nc2nc3cnccc3c3[nH]c4c(=O)[nH]ccc4c23)c1. The number of hydrogen-bond donors (Lipinski definition) is 3. The maximum atomic E-state index is 12.5. The van der Waals surface area contributed by atoms with E-state index in [4.69, 9.17) is 4.98 Å². The zero-order valence-corrected chi connectivity index (χ0v) is 17.5. The summed E-state index contributed by atoms with van der Waals surface area (Å²) in [6.45, 7) is 0. The highest BCUT2D eigenvalue weighted by Crippen LogP contribution is 2.35. The lowest BCUT2D eigenvalue weighted by Crippen LogP contribution is -2.22. The topological polar surface area (TPSA) is 124 Å². The van der Waals surface area contributed by atoms with Crippen molar-refractivity contribution < 1.29 is 8.42 Å². The van der Waals surface area contributed by atoms with Crippen molar-refractivity contribution in [1.82, 2.24) is 24.2 Å². The fourth-order valence-electron chi connectivity index (χ4n) is 3.62. The first-order valence-electron chi connectivity index (χ1n) is 9.42. The monoisotopic (exact) mass is 434 g/mol. The van der Waals surface area contributed by atoms with Crippen LogP contribution in [0.5, 0.6) is 0 Å². The number of benzene rings is 1. The normalized spacial score (nSPS) is 12.2. The fourth-order valence-corrected chi connectivity index (χ4v) is 4.56. The van der Waals surface area contributed by atoms with E-state index in [0.29, 0.717) is 27.9 Å². The minimum Gasteiger partial charge on any atom is -0.349 e. The molecule has 0 atom stereocenters. The lowest BCUT2D eigenvalue weighted by atomic mass is 10.1. The first kappa shape index (κ1) is 19.2. The molecule has 0 aliphatic heterocycles. The van der Waals surface area contributed by atoms with Crippen LogP contribution >= 0.6 is 0 Å². The van der Waals surface area contributed by atoms with E-state index in [1.165, 1.54) is 14.1 Å². The molecule has 0 saturated carbocycles. The number of H-pyrrole nitrogens is 2. The van der Waals surface area contributed by atoms with Crippen molar-refractivity contribution in [2.45, 2.75) is 4.90 Å². The highest BCUT2D eigenvalue weighted by molar-refractivity contribution is 7.89. The summed E-state index contributed by atoms with van der Waals surface area (Å²) in [7, 11) is -0.614. The third-order valence-electron chi connectivity index (χ3n) is 5.14. The van der Waals surface area contributed by atoms with Crippen LogP contribution in [0.15, 0.2) is 64.7 Å². The number of hydrogen-bond acceptors (Lipinski definition) is 6. The third-order valence-corrected chi connectivity index (χ3v) is 6.96. The van der Waals surface area contributed by atoms with Crippen LogP contribution in [0, 0.1) is 0 Å². The maximum absolute atomic E-state index is 12.5.